The zero-order valence-electron chi connectivity index (χ0n) is 13.4. The van der Waals surface area contributed by atoms with Crippen molar-refractivity contribution in [1.29, 1.82) is 0 Å². The first-order valence-corrected chi connectivity index (χ1v) is 21.1. The molecular weight excluding hydrogens is 464 g/mol. The summed E-state index contributed by atoms with van der Waals surface area (Å²) in [6.45, 7) is 9.09. The maximum atomic E-state index is 4.04. The minimum absolute atomic E-state index is 0. The third-order valence-corrected chi connectivity index (χ3v) is 18.7. The van der Waals surface area contributed by atoms with E-state index in [1.807, 2.05) is 0 Å². The van der Waals surface area contributed by atoms with E-state index in [1.54, 1.807) is 0 Å². The molecule has 2 rings (SSSR count). The Labute approximate surface area is 152 Å². The number of hydrogen-bond acceptors (Lipinski definition) is 1. The normalized spacial score (nSPS) is 18.2. The van der Waals surface area contributed by atoms with Gasteiger partial charge in [0, 0.05) is 0 Å². The van der Waals surface area contributed by atoms with Crippen LogP contribution in [0.15, 0.2) is 28.7 Å². The van der Waals surface area contributed by atoms with Crippen LogP contribution in [0.5, 0.6) is 0 Å². The molecule has 21 heavy (non-hydrogen) atoms. The first-order chi connectivity index (χ1) is 8.48. The van der Waals surface area contributed by atoms with E-state index in [9.17, 15) is 0 Å². The first-order valence-electron chi connectivity index (χ1n) is 6.81. The van der Waals surface area contributed by atoms with Crippen LogP contribution in [-0.2, 0) is 17.7 Å². The van der Waals surface area contributed by atoms with Crippen LogP contribution in [0.3, 0.4) is 0 Å². The molecule has 1 atom stereocenters. The van der Waals surface area contributed by atoms with Gasteiger partial charge in [-0.1, -0.05) is 0 Å². The Bertz CT molecular complexity index is 616. The maximum Gasteiger partial charge on any atom is -0.147 e. The summed E-state index contributed by atoms with van der Waals surface area (Å²) in [6.07, 6.45) is 2.30. The molecule has 0 radical (unpaired) electrons. The minimum atomic E-state index is -3.03. The molecule has 0 aliphatic heterocycles. The average molecular weight is 491 g/mol. The van der Waals surface area contributed by atoms with E-state index in [4.69, 9.17) is 0 Å². The fourth-order valence-corrected chi connectivity index (χ4v) is 27.8. The Kier molecular flexibility index (Phi) is 7.26. The van der Waals surface area contributed by atoms with Gasteiger partial charge in [0.2, 0.25) is 0 Å². The smallest absolute Gasteiger partial charge is 0.147 e. The number of fused-ring (bicyclic) bond motifs is 1. The van der Waals surface area contributed by atoms with E-state index in [0.29, 0.717) is 3.63 Å². The van der Waals surface area contributed by atoms with Gasteiger partial charge in [-0.3, -0.25) is 0 Å². The summed E-state index contributed by atoms with van der Waals surface area (Å²) < 4.78 is 11.0. The number of halogens is 3. The predicted octanol–water partition coefficient (Wildman–Crippen LogP) is 4.96. The van der Waals surface area contributed by atoms with Crippen molar-refractivity contribution in [3.63, 3.8) is 0 Å². The largest absolute Gasteiger partial charge is 0.147 e. The fraction of sp³-hybridized carbons (Fsp3) is 0.467. The van der Waals surface area contributed by atoms with Crippen molar-refractivity contribution in [3.05, 3.63) is 39.9 Å². The van der Waals surface area contributed by atoms with Gasteiger partial charge < -0.3 is 0 Å². The van der Waals surface area contributed by atoms with Crippen LogP contribution < -0.4 is 3.26 Å². The summed E-state index contributed by atoms with van der Waals surface area (Å²) in [5.74, 6) is 0. The van der Waals surface area contributed by atoms with Gasteiger partial charge in [-0.2, -0.15) is 0 Å². The molecule has 0 fully saturated rings. The van der Waals surface area contributed by atoms with Crippen LogP contribution >= 0.6 is 40.7 Å². The van der Waals surface area contributed by atoms with E-state index in [-0.39, 0.29) is 30.4 Å². The number of nitrogens with one attached hydrogen (secondary N) is 1. The Balaban J connectivity index is 0.00000200. The monoisotopic (exact) mass is 487 g/mol. The van der Waals surface area contributed by atoms with Crippen molar-refractivity contribution >= 4 is 53.7 Å². The van der Waals surface area contributed by atoms with Crippen LogP contribution in [0.2, 0.25) is 9.26 Å². The van der Waals surface area contributed by atoms with E-state index in [1.165, 1.54) is 15.6 Å². The summed E-state index contributed by atoms with van der Waals surface area (Å²) in [5.41, 5.74) is 3.05. The second kappa shape index (κ2) is 6.91. The van der Waals surface area contributed by atoms with E-state index >= 15 is 0 Å². The van der Waals surface area contributed by atoms with Crippen molar-refractivity contribution in [3.8, 4) is 0 Å². The zero-order valence-corrected chi connectivity index (χ0v) is 20.5. The minimum Gasteiger partial charge on any atom is -0.147 e. The van der Waals surface area contributed by atoms with E-state index in [0.717, 1.165) is 0 Å². The van der Waals surface area contributed by atoms with E-state index in [2.05, 4.69) is 86.4 Å². The van der Waals surface area contributed by atoms with Crippen molar-refractivity contribution in [2.75, 3.05) is 0 Å². The molecule has 0 bridgehead atoms. The Morgan fingerprint density at radius 2 is 1.67 bits per heavy atom. The number of benzene rings is 1. The summed E-state index contributed by atoms with van der Waals surface area (Å²) in [4.78, 5) is 0. The van der Waals surface area contributed by atoms with Gasteiger partial charge in [0.1, 0.15) is 0 Å². The molecule has 0 saturated heterocycles. The standard InChI is InChI=1S/C9H6Br.C4H10N.2CH3.2ClH.H2Si.Zr/c10-9-5-7-3-1-2-4-8(7)6-9;1-4(2,3)5;;;;;;/h1-6H;5H,1-3H3;2*1H3;2*1H;1H2;/q;-1;;;;;;+1. The first kappa shape index (κ1) is 22.1. The molecule has 6 heteroatoms. The van der Waals surface area contributed by atoms with Gasteiger partial charge in [0.25, 0.3) is 0 Å². The second-order valence-corrected chi connectivity index (χ2v) is 37.4. The van der Waals surface area contributed by atoms with Crippen molar-refractivity contribution in [1.82, 2.24) is 3.26 Å². The van der Waals surface area contributed by atoms with Gasteiger partial charge in [-0.25, -0.2) is 0 Å². The summed E-state index contributed by atoms with van der Waals surface area (Å²) >= 11 is 0.812. The molecule has 0 spiro atoms. The molecule has 1 aromatic rings. The van der Waals surface area contributed by atoms with Gasteiger partial charge >= 0.3 is 129 Å². The topological polar surface area (TPSA) is 12.0 Å². The summed E-state index contributed by atoms with van der Waals surface area (Å²) in [6, 6.07) is 8.81. The molecule has 120 valence electrons. The molecule has 1 N–H and O–H groups in total. The van der Waals surface area contributed by atoms with Gasteiger partial charge in [0.05, 0.1) is 0 Å². The number of hydrogen-bond donors (Lipinski definition) is 1. The van der Waals surface area contributed by atoms with Gasteiger partial charge in [-0.05, 0) is 0 Å². The molecule has 1 aliphatic rings. The molecule has 0 aromatic heterocycles. The van der Waals surface area contributed by atoms with Crippen LogP contribution in [0.1, 0.15) is 35.5 Å². The Morgan fingerprint density at radius 1 is 1.14 bits per heavy atom. The third kappa shape index (κ3) is 5.02. The number of allylic oxidation sites excluding steroid dienone is 1. The van der Waals surface area contributed by atoms with Gasteiger partial charge in [0.15, 0.2) is 0 Å². The van der Waals surface area contributed by atoms with Gasteiger partial charge in [-0.15, -0.1) is 24.8 Å². The molecule has 1 aromatic carbocycles. The molecule has 0 heterocycles. The third-order valence-electron chi connectivity index (χ3n) is 3.59. The maximum absolute atomic E-state index is 4.04. The second-order valence-electron chi connectivity index (χ2n) is 7.78. The molecule has 0 saturated carbocycles. The molecule has 1 aliphatic carbocycles. The Morgan fingerprint density at radius 3 is 2.19 bits per heavy atom. The van der Waals surface area contributed by atoms with Crippen molar-refractivity contribution < 1.29 is 17.7 Å². The fourth-order valence-electron chi connectivity index (χ4n) is 3.53. The Hall–Kier alpha value is 1.08. The summed E-state index contributed by atoms with van der Waals surface area (Å²) in [7, 11) is 0. The van der Waals surface area contributed by atoms with Crippen LogP contribution in [0.25, 0.3) is 6.08 Å². The van der Waals surface area contributed by atoms with Crippen LogP contribution in [0, 0.1) is 0 Å². The zero-order chi connectivity index (χ0) is 14.5. The molecule has 1 nitrogen and oxygen atoms in total. The summed E-state index contributed by atoms with van der Waals surface area (Å²) in [5, 5.41) is 0. The van der Waals surface area contributed by atoms with E-state index < -0.39 is 17.7 Å². The van der Waals surface area contributed by atoms with Crippen molar-refractivity contribution in [2.24, 2.45) is 0 Å². The molecule has 1 unspecified atom stereocenters. The molecule has 0 amide bonds. The molecular formula is C15H26BrCl2NSiZr. The predicted molar refractivity (Wildman–Crippen MR) is 104 cm³/mol. The average Bonchev–Trinajstić information content (AvgIpc) is 2.48. The van der Waals surface area contributed by atoms with Crippen LogP contribution in [-0.4, -0.2) is 12.4 Å². The number of rotatable bonds is 2. The SMILES string of the molecule is CC(C)(C)[NH][Zr]([CH3])([CH3])(=[SiH2])[CH]1C(Br)=Cc2ccccc21.Cl.Cl. The quantitative estimate of drug-likeness (QED) is 0.579. The van der Waals surface area contributed by atoms with Crippen molar-refractivity contribution in [2.45, 2.75) is 39.2 Å². The van der Waals surface area contributed by atoms with Crippen LogP contribution in [0.4, 0.5) is 0 Å².